The van der Waals surface area contributed by atoms with Crippen molar-refractivity contribution in [1.29, 1.82) is 5.26 Å². The normalized spacial score (nSPS) is 9.89. The highest BCUT2D eigenvalue weighted by atomic mass is 16.5. The first-order chi connectivity index (χ1) is 13.6. The van der Waals surface area contributed by atoms with Crippen molar-refractivity contribution in [2.75, 3.05) is 24.9 Å². The second kappa shape index (κ2) is 8.51. The van der Waals surface area contributed by atoms with Crippen molar-refractivity contribution in [3.8, 4) is 17.6 Å². The predicted molar refractivity (Wildman–Crippen MR) is 104 cm³/mol. The van der Waals surface area contributed by atoms with Gasteiger partial charge in [0.2, 0.25) is 0 Å². The molecule has 1 heterocycles. The van der Waals surface area contributed by atoms with Crippen LogP contribution >= 0.6 is 0 Å². The third-order valence-electron chi connectivity index (χ3n) is 3.86. The van der Waals surface area contributed by atoms with Gasteiger partial charge in [0, 0.05) is 6.07 Å². The van der Waals surface area contributed by atoms with E-state index >= 15 is 0 Å². The van der Waals surface area contributed by atoms with E-state index in [-0.39, 0.29) is 5.69 Å². The number of carbonyl (C=O) groups excluding carboxylic acids is 1. The molecule has 0 atom stereocenters. The fourth-order valence-corrected chi connectivity index (χ4v) is 2.45. The summed E-state index contributed by atoms with van der Waals surface area (Å²) in [6.07, 6.45) is 0. The van der Waals surface area contributed by atoms with Gasteiger partial charge < -0.3 is 20.1 Å². The van der Waals surface area contributed by atoms with E-state index in [9.17, 15) is 4.79 Å². The second-order valence-electron chi connectivity index (χ2n) is 5.61. The molecule has 3 aromatic rings. The van der Waals surface area contributed by atoms with Gasteiger partial charge in [-0.3, -0.25) is 4.79 Å². The van der Waals surface area contributed by atoms with Crippen molar-refractivity contribution in [3.05, 3.63) is 65.9 Å². The number of benzene rings is 2. The molecular weight excluding hydrogens is 358 g/mol. The number of methoxy groups -OCH3 is 2. The third kappa shape index (κ3) is 4.16. The van der Waals surface area contributed by atoms with Gasteiger partial charge in [-0.25, -0.2) is 0 Å². The SMILES string of the molecule is COc1ccc(OC)c(NC(=O)c2ccc(Nc3ccccc3C#N)nn2)c1. The topological polar surface area (TPSA) is 109 Å². The van der Waals surface area contributed by atoms with Crippen LogP contribution in [0, 0.1) is 11.3 Å². The van der Waals surface area contributed by atoms with Gasteiger partial charge in [-0.15, -0.1) is 10.2 Å². The molecule has 0 fully saturated rings. The number of hydrogen-bond donors (Lipinski definition) is 2. The largest absolute Gasteiger partial charge is 0.497 e. The van der Waals surface area contributed by atoms with Crippen LogP contribution < -0.4 is 20.1 Å². The Morgan fingerprint density at radius 3 is 2.50 bits per heavy atom. The van der Waals surface area contributed by atoms with Gasteiger partial charge in [0.05, 0.1) is 31.2 Å². The Morgan fingerprint density at radius 1 is 1.00 bits per heavy atom. The van der Waals surface area contributed by atoms with Crippen molar-refractivity contribution in [3.63, 3.8) is 0 Å². The predicted octanol–water partition coefficient (Wildman–Crippen LogP) is 3.36. The van der Waals surface area contributed by atoms with Crippen LogP contribution in [0.5, 0.6) is 11.5 Å². The Labute approximate surface area is 161 Å². The van der Waals surface area contributed by atoms with Crippen LogP contribution in [0.25, 0.3) is 0 Å². The van der Waals surface area contributed by atoms with E-state index in [0.717, 1.165) is 0 Å². The van der Waals surface area contributed by atoms with E-state index in [1.807, 2.05) is 0 Å². The maximum atomic E-state index is 12.5. The summed E-state index contributed by atoms with van der Waals surface area (Å²) >= 11 is 0. The monoisotopic (exact) mass is 375 g/mol. The molecule has 8 heteroatoms. The number of ether oxygens (including phenoxy) is 2. The zero-order chi connectivity index (χ0) is 19.9. The lowest BCUT2D eigenvalue weighted by molar-refractivity contribution is 0.102. The lowest BCUT2D eigenvalue weighted by atomic mass is 10.2. The van der Waals surface area contributed by atoms with Crippen molar-refractivity contribution < 1.29 is 14.3 Å². The van der Waals surface area contributed by atoms with Crippen molar-refractivity contribution in [2.24, 2.45) is 0 Å². The van der Waals surface area contributed by atoms with Crippen LogP contribution in [0.2, 0.25) is 0 Å². The first-order valence-electron chi connectivity index (χ1n) is 8.28. The van der Waals surface area contributed by atoms with Gasteiger partial charge in [-0.1, -0.05) is 12.1 Å². The minimum atomic E-state index is -0.442. The number of rotatable bonds is 6. The standard InChI is InChI=1S/C20H17N5O3/c1-27-14-7-9-18(28-2)17(11-14)23-20(26)16-8-10-19(25-24-16)22-15-6-4-3-5-13(15)12-21/h3-11H,1-2H3,(H,22,25)(H,23,26). The van der Waals surface area contributed by atoms with Crippen LogP contribution in [0.15, 0.2) is 54.6 Å². The Bertz CT molecular complexity index is 1030. The number of nitrogens with one attached hydrogen (secondary N) is 2. The van der Waals surface area contributed by atoms with E-state index < -0.39 is 5.91 Å². The number of amides is 1. The second-order valence-corrected chi connectivity index (χ2v) is 5.61. The van der Waals surface area contributed by atoms with Crippen LogP contribution in [0.1, 0.15) is 16.1 Å². The number of para-hydroxylation sites is 1. The summed E-state index contributed by atoms with van der Waals surface area (Å²) in [6, 6.07) is 17.3. The molecule has 2 N–H and O–H groups in total. The molecule has 1 amide bonds. The van der Waals surface area contributed by atoms with Gasteiger partial charge in [0.1, 0.15) is 17.6 Å². The highest BCUT2D eigenvalue weighted by Gasteiger charge is 2.13. The first kappa shape index (κ1) is 18.7. The van der Waals surface area contributed by atoms with Gasteiger partial charge in [0.25, 0.3) is 5.91 Å². The zero-order valence-corrected chi connectivity index (χ0v) is 15.3. The fraction of sp³-hybridized carbons (Fsp3) is 0.100. The van der Waals surface area contributed by atoms with E-state index in [1.165, 1.54) is 20.3 Å². The van der Waals surface area contributed by atoms with Gasteiger partial charge in [-0.2, -0.15) is 5.26 Å². The number of aromatic nitrogens is 2. The lowest BCUT2D eigenvalue weighted by Crippen LogP contribution is -2.15. The highest BCUT2D eigenvalue weighted by Crippen LogP contribution is 2.29. The lowest BCUT2D eigenvalue weighted by Gasteiger charge is -2.11. The van der Waals surface area contributed by atoms with Crippen LogP contribution in [0.3, 0.4) is 0 Å². The Kier molecular flexibility index (Phi) is 5.67. The van der Waals surface area contributed by atoms with Crippen molar-refractivity contribution in [1.82, 2.24) is 10.2 Å². The summed E-state index contributed by atoms with van der Waals surface area (Å²) in [4.78, 5) is 12.5. The molecule has 0 saturated carbocycles. The Balaban J connectivity index is 1.75. The van der Waals surface area contributed by atoms with Crippen LogP contribution in [0.4, 0.5) is 17.2 Å². The molecule has 28 heavy (non-hydrogen) atoms. The summed E-state index contributed by atoms with van der Waals surface area (Å²) in [5.41, 5.74) is 1.68. The summed E-state index contributed by atoms with van der Waals surface area (Å²) in [6.45, 7) is 0. The molecule has 0 aliphatic carbocycles. The molecular formula is C20H17N5O3. The summed E-state index contributed by atoms with van der Waals surface area (Å²) in [7, 11) is 3.05. The van der Waals surface area contributed by atoms with Gasteiger partial charge in [0.15, 0.2) is 11.5 Å². The minimum Gasteiger partial charge on any atom is -0.497 e. The molecule has 0 radical (unpaired) electrons. The highest BCUT2D eigenvalue weighted by molar-refractivity contribution is 6.03. The Hall–Kier alpha value is -4.12. The minimum absolute atomic E-state index is 0.129. The maximum absolute atomic E-state index is 12.5. The number of hydrogen-bond acceptors (Lipinski definition) is 7. The average molecular weight is 375 g/mol. The molecule has 0 spiro atoms. The molecule has 1 aromatic heterocycles. The van der Waals surface area contributed by atoms with E-state index in [0.29, 0.717) is 34.3 Å². The molecule has 3 rings (SSSR count). The van der Waals surface area contributed by atoms with E-state index in [1.54, 1.807) is 48.5 Å². The molecule has 0 bridgehead atoms. The molecule has 0 unspecified atom stereocenters. The smallest absolute Gasteiger partial charge is 0.276 e. The van der Waals surface area contributed by atoms with E-state index in [4.69, 9.17) is 14.7 Å². The van der Waals surface area contributed by atoms with E-state index in [2.05, 4.69) is 26.9 Å². The molecule has 0 aliphatic heterocycles. The fourth-order valence-electron chi connectivity index (χ4n) is 2.45. The van der Waals surface area contributed by atoms with Crippen molar-refractivity contribution in [2.45, 2.75) is 0 Å². The van der Waals surface area contributed by atoms with Gasteiger partial charge >= 0.3 is 0 Å². The third-order valence-corrected chi connectivity index (χ3v) is 3.86. The average Bonchev–Trinajstić information content (AvgIpc) is 2.74. The number of nitriles is 1. The maximum Gasteiger partial charge on any atom is 0.276 e. The molecule has 140 valence electrons. The first-order valence-corrected chi connectivity index (χ1v) is 8.28. The number of nitrogens with zero attached hydrogens (tertiary/aromatic N) is 3. The number of carbonyl (C=O) groups is 1. The van der Waals surface area contributed by atoms with Crippen LogP contribution in [-0.4, -0.2) is 30.3 Å². The quantitative estimate of drug-likeness (QED) is 0.680. The summed E-state index contributed by atoms with van der Waals surface area (Å²) in [5, 5.41) is 22.8. The summed E-state index contributed by atoms with van der Waals surface area (Å²) < 4.78 is 10.4. The molecule has 0 aliphatic rings. The Morgan fingerprint density at radius 2 is 1.82 bits per heavy atom. The zero-order valence-electron chi connectivity index (χ0n) is 15.3. The van der Waals surface area contributed by atoms with Crippen LogP contribution in [-0.2, 0) is 0 Å². The molecule has 2 aromatic carbocycles. The molecule has 8 nitrogen and oxygen atoms in total. The van der Waals surface area contributed by atoms with Gasteiger partial charge in [-0.05, 0) is 36.4 Å². The van der Waals surface area contributed by atoms with Crippen molar-refractivity contribution >= 4 is 23.1 Å². The molecule has 0 saturated heterocycles. The number of anilines is 3. The summed E-state index contributed by atoms with van der Waals surface area (Å²) in [5.74, 6) is 1.05.